The standard InChI is InChI=1S/C35H60O10/c36-26-8-18-2-20-10-32(42)22(12-30(20)40)4-24-14-35(45)25(15-34(24)44)5-23-13-31(41)21(11-33(23)43)3-19-9-27(37)17(7-29(19)39)1-16(26)6-28(18)38/h16-45H,1-15H2. The molecule has 15 fully saturated rings. The summed E-state index contributed by atoms with van der Waals surface area (Å²) in [6.45, 7) is 0. The monoisotopic (exact) mass is 640 g/mol. The molecule has 0 aliphatic heterocycles. The molecule has 0 aromatic rings. The molecule has 10 N–H and O–H groups in total. The Morgan fingerprint density at radius 3 is 0.333 bits per heavy atom. The van der Waals surface area contributed by atoms with Crippen molar-refractivity contribution in [3.8, 4) is 0 Å². The van der Waals surface area contributed by atoms with Gasteiger partial charge in [-0.05, 0) is 155 Å². The van der Waals surface area contributed by atoms with Gasteiger partial charge in [0.05, 0.1) is 61.0 Å². The molecule has 45 heavy (non-hydrogen) atoms. The molecule has 0 amide bonds. The molecule has 10 nitrogen and oxygen atoms in total. The van der Waals surface area contributed by atoms with E-state index in [0.717, 1.165) is 0 Å². The topological polar surface area (TPSA) is 202 Å². The van der Waals surface area contributed by atoms with E-state index in [1.54, 1.807) is 0 Å². The van der Waals surface area contributed by atoms with Crippen LogP contribution in [-0.2, 0) is 0 Å². The van der Waals surface area contributed by atoms with Gasteiger partial charge >= 0.3 is 0 Å². The highest BCUT2D eigenvalue weighted by atomic mass is 16.3. The lowest BCUT2D eigenvalue weighted by atomic mass is 9.65. The van der Waals surface area contributed by atoms with E-state index in [-0.39, 0.29) is 59.2 Å². The average molecular weight is 641 g/mol. The smallest absolute Gasteiger partial charge is 0.0573 e. The third-order valence-electron chi connectivity index (χ3n) is 13.9. The van der Waals surface area contributed by atoms with Gasteiger partial charge in [0, 0.05) is 0 Å². The van der Waals surface area contributed by atoms with Crippen molar-refractivity contribution in [2.75, 3.05) is 0 Å². The Bertz CT molecular complexity index is 725. The Morgan fingerprint density at radius 2 is 0.244 bits per heavy atom. The highest BCUT2D eigenvalue weighted by molar-refractivity contribution is 4.98. The van der Waals surface area contributed by atoms with E-state index in [0.29, 0.717) is 96.3 Å². The maximum Gasteiger partial charge on any atom is 0.0573 e. The quantitative estimate of drug-likeness (QED) is 0.180. The van der Waals surface area contributed by atoms with Gasteiger partial charge in [0.2, 0.25) is 0 Å². The van der Waals surface area contributed by atoms with Gasteiger partial charge in [-0.3, -0.25) is 0 Å². The van der Waals surface area contributed by atoms with Gasteiger partial charge in [0.25, 0.3) is 0 Å². The van der Waals surface area contributed by atoms with Gasteiger partial charge in [-0.2, -0.15) is 0 Å². The number of aliphatic hydroxyl groups is 10. The van der Waals surface area contributed by atoms with Crippen molar-refractivity contribution in [2.24, 2.45) is 59.2 Å². The van der Waals surface area contributed by atoms with Crippen LogP contribution in [0.4, 0.5) is 0 Å². The molecule has 15 aliphatic rings. The van der Waals surface area contributed by atoms with Crippen molar-refractivity contribution in [3.05, 3.63) is 0 Å². The molecule has 260 valence electrons. The van der Waals surface area contributed by atoms with E-state index in [4.69, 9.17) is 0 Å². The molecule has 0 radical (unpaired) electrons. The van der Waals surface area contributed by atoms with Crippen LogP contribution in [0, 0.1) is 59.2 Å². The summed E-state index contributed by atoms with van der Waals surface area (Å²) in [6, 6.07) is 0. The fraction of sp³-hybridized carbons (Fsp3) is 1.00. The van der Waals surface area contributed by atoms with Gasteiger partial charge in [0.15, 0.2) is 0 Å². The van der Waals surface area contributed by atoms with Crippen molar-refractivity contribution in [1.82, 2.24) is 0 Å². The lowest BCUT2D eigenvalue weighted by Gasteiger charge is -2.45. The molecule has 0 aromatic carbocycles. The lowest BCUT2D eigenvalue weighted by molar-refractivity contribution is -0.0938. The minimum absolute atomic E-state index is 0.204. The average Bonchev–Trinajstić information content (AvgIpc) is 2.97. The molecule has 15 aliphatic carbocycles. The van der Waals surface area contributed by atoms with Crippen LogP contribution < -0.4 is 0 Å². The number of aliphatic hydroxyl groups excluding tert-OH is 10. The van der Waals surface area contributed by atoms with Gasteiger partial charge in [0.1, 0.15) is 0 Å². The normalized spacial score (nSPS) is 56.7. The second-order valence-electron chi connectivity index (χ2n) is 16.8. The van der Waals surface area contributed by atoms with Crippen LogP contribution in [0.2, 0.25) is 0 Å². The van der Waals surface area contributed by atoms with Crippen molar-refractivity contribution in [1.29, 1.82) is 0 Å². The molecular formula is C35H60O10. The Labute approximate surface area is 267 Å². The van der Waals surface area contributed by atoms with Crippen LogP contribution >= 0.6 is 0 Å². The predicted octanol–water partition coefficient (Wildman–Crippen LogP) is 0.691. The molecule has 0 saturated heterocycles. The van der Waals surface area contributed by atoms with Crippen LogP contribution in [0.5, 0.6) is 0 Å². The van der Waals surface area contributed by atoms with Crippen molar-refractivity contribution >= 4 is 0 Å². The highest BCUT2D eigenvalue weighted by Crippen LogP contribution is 2.47. The Kier molecular flexibility index (Phi) is 10.9. The first-order valence-corrected chi connectivity index (χ1v) is 18.2. The van der Waals surface area contributed by atoms with Crippen molar-refractivity contribution in [2.45, 2.75) is 157 Å². The van der Waals surface area contributed by atoms with E-state index in [1.165, 1.54) is 0 Å². The number of hydrogen-bond donors (Lipinski definition) is 10. The second kappa shape index (κ2) is 14.2. The van der Waals surface area contributed by atoms with Crippen molar-refractivity contribution in [3.63, 3.8) is 0 Å². The van der Waals surface area contributed by atoms with Gasteiger partial charge in [-0.15, -0.1) is 0 Å². The summed E-state index contributed by atoms with van der Waals surface area (Å²) in [6.07, 6.45) is -0.216. The summed E-state index contributed by atoms with van der Waals surface area (Å²) in [5, 5.41) is 111. The lowest BCUT2D eigenvalue weighted by Crippen LogP contribution is -2.46. The summed E-state index contributed by atoms with van der Waals surface area (Å²) in [5.41, 5.74) is 0. The van der Waals surface area contributed by atoms with E-state index in [2.05, 4.69) is 0 Å². The maximum atomic E-state index is 11.1. The molecule has 20 unspecified atom stereocenters. The van der Waals surface area contributed by atoms with E-state index in [9.17, 15) is 51.1 Å². The van der Waals surface area contributed by atoms with Crippen molar-refractivity contribution < 1.29 is 51.1 Å². The van der Waals surface area contributed by atoms with Crippen LogP contribution in [0.15, 0.2) is 0 Å². The Morgan fingerprint density at radius 1 is 0.156 bits per heavy atom. The Balaban J connectivity index is 1.20. The van der Waals surface area contributed by atoms with Gasteiger partial charge < -0.3 is 51.1 Å². The van der Waals surface area contributed by atoms with Crippen LogP contribution in [-0.4, -0.2) is 112 Å². The Hall–Kier alpha value is -0.400. The molecule has 10 bridgehead atoms. The molecule has 15 rings (SSSR count). The molecule has 0 aromatic heterocycles. The fourth-order valence-corrected chi connectivity index (χ4v) is 11.1. The van der Waals surface area contributed by atoms with E-state index < -0.39 is 61.0 Å². The largest absolute Gasteiger partial charge is 0.393 e. The molecule has 10 heteroatoms. The number of rotatable bonds is 0. The summed E-state index contributed by atoms with van der Waals surface area (Å²) in [7, 11) is 0. The molecular weight excluding hydrogens is 580 g/mol. The fourth-order valence-electron chi connectivity index (χ4n) is 11.1. The summed E-state index contributed by atoms with van der Waals surface area (Å²) < 4.78 is 0. The predicted molar refractivity (Wildman–Crippen MR) is 164 cm³/mol. The molecule has 0 spiro atoms. The summed E-state index contributed by atoms with van der Waals surface area (Å²) in [5.74, 6) is -2.04. The van der Waals surface area contributed by atoms with Gasteiger partial charge in [-0.1, -0.05) is 0 Å². The first-order chi connectivity index (χ1) is 21.4. The van der Waals surface area contributed by atoms with Crippen LogP contribution in [0.25, 0.3) is 0 Å². The SMILES string of the molecule is OC1CC2CC3CC(O)C(CC3O)CC3CC(O)C(CC3O)CC3CC(O)C(CC3O)CC3CC(O)C(CC3O)CC1CC2O. The first-order valence-electron chi connectivity index (χ1n) is 18.2. The van der Waals surface area contributed by atoms with Crippen LogP contribution in [0.3, 0.4) is 0 Å². The molecule has 15 saturated carbocycles. The first kappa shape index (κ1) is 34.5. The zero-order valence-electron chi connectivity index (χ0n) is 26.6. The number of hydrogen-bond acceptors (Lipinski definition) is 10. The van der Waals surface area contributed by atoms with Gasteiger partial charge in [-0.25, -0.2) is 0 Å². The zero-order chi connectivity index (χ0) is 32.2. The third kappa shape index (κ3) is 7.61. The van der Waals surface area contributed by atoms with Crippen LogP contribution in [0.1, 0.15) is 96.3 Å². The minimum Gasteiger partial charge on any atom is -0.393 e. The third-order valence-corrected chi connectivity index (χ3v) is 13.9. The molecule has 0 heterocycles. The molecule has 20 atom stereocenters. The second-order valence-corrected chi connectivity index (χ2v) is 16.8. The summed E-state index contributed by atoms with van der Waals surface area (Å²) >= 11 is 0. The highest BCUT2D eigenvalue weighted by Gasteiger charge is 2.47. The van der Waals surface area contributed by atoms with E-state index >= 15 is 0 Å². The zero-order valence-corrected chi connectivity index (χ0v) is 26.6. The maximum absolute atomic E-state index is 11.1. The van der Waals surface area contributed by atoms with E-state index in [1.807, 2.05) is 0 Å². The summed E-state index contributed by atoms with van der Waals surface area (Å²) in [4.78, 5) is 0. The minimum atomic E-state index is -0.664.